The maximum Gasteiger partial charge on any atom is 0.195 e. The van der Waals surface area contributed by atoms with E-state index < -0.39 is 5.60 Å². The Morgan fingerprint density at radius 1 is 1.29 bits per heavy atom. The van der Waals surface area contributed by atoms with E-state index in [4.69, 9.17) is 0 Å². The Morgan fingerprint density at radius 3 is 2.65 bits per heavy atom. The van der Waals surface area contributed by atoms with E-state index in [9.17, 15) is 9.90 Å². The predicted molar refractivity (Wildman–Crippen MR) is 71.7 cm³/mol. The van der Waals surface area contributed by atoms with E-state index in [0.29, 0.717) is 18.4 Å². The number of ketones is 1. The summed E-state index contributed by atoms with van der Waals surface area (Å²) in [5, 5.41) is 13.3. The maximum absolute atomic E-state index is 12.4. The van der Waals surface area contributed by atoms with E-state index in [0.717, 1.165) is 10.1 Å². The fourth-order valence-electron chi connectivity index (χ4n) is 1.99. The highest BCUT2D eigenvalue weighted by atomic mass is 32.1. The second-order valence-electron chi connectivity index (χ2n) is 4.21. The third-order valence-electron chi connectivity index (χ3n) is 3.32. The first-order chi connectivity index (χ1) is 8.12. The van der Waals surface area contributed by atoms with Crippen LogP contribution >= 0.6 is 11.3 Å². The van der Waals surface area contributed by atoms with Crippen molar-refractivity contribution in [3.63, 3.8) is 0 Å². The normalized spacial score (nSPS) is 11.9. The zero-order valence-corrected chi connectivity index (χ0v) is 10.9. The van der Waals surface area contributed by atoms with Gasteiger partial charge in [0.05, 0.1) is 0 Å². The van der Waals surface area contributed by atoms with Crippen LogP contribution in [0.25, 0.3) is 10.1 Å². The molecule has 0 radical (unpaired) electrons. The molecule has 0 aliphatic carbocycles. The first kappa shape index (κ1) is 12.3. The Labute approximate surface area is 105 Å². The summed E-state index contributed by atoms with van der Waals surface area (Å²) < 4.78 is 0.970. The molecule has 0 saturated carbocycles. The third-order valence-corrected chi connectivity index (χ3v) is 4.28. The lowest BCUT2D eigenvalue weighted by molar-refractivity contribution is 0.0279. The van der Waals surface area contributed by atoms with Crippen molar-refractivity contribution in [3.8, 4) is 0 Å². The van der Waals surface area contributed by atoms with Gasteiger partial charge in [0, 0.05) is 10.3 Å². The van der Waals surface area contributed by atoms with E-state index in [1.54, 1.807) is 17.4 Å². The summed E-state index contributed by atoms with van der Waals surface area (Å²) in [7, 11) is 0. The minimum atomic E-state index is -1.22. The lowest BCUT2D eigenvalue weighted by Gasteiger charge is -2.23. The fraction of sp³-hybridized carbons (Fsp3) is 0.357. The highest BCUT2D eigenvalue weighted by Crippen LogP contribution is 2.29. The maximum atomic E-state index is 12.4. The van der Waals surface area contributed by atoms with Gasteiger partial charge in [-0.2, -0.15) is 0 Å². The third kappa shape index (κ3) is 2.01. The second kappa shape index (κ2) is 4.59. The molecular weight excluding hydrogens is 232 g/mol. The molecule has 0 atom stereocenters. The molecule has 1 heterocycles. The van der Waals surface area contributed by atoms with Crippen LogP contribution in [0.1, 0.15) is 37.0 Å². The van der Waals surface area contributed by atoms with Gasteiger partial charge in [-0.25, -0.2) is 0 Å². The van der Waals surface area contributed by atoms with Crippen LogP contribution in [-0.4, -0.2) is 16.5 Å². The number of carbonyl (C=O) groups excluding carboxylic acids is 1. The van der Waals surface area contributed by atoms with E-state index in [-0.39, 0.29) is 5.78 Å². The lowest BCUT2D eigenvalue weighted by Crippen LogP contribution is -2.37. The molecule has 0 fully saturated rings. The number of hydrogen-bond donors (Lipinski definition) is 1. The molecule has 0 amide bonds. The Bertz CT molecular complexity index is 538. The average Bonchev–Trinajstić information content (AvgIpc) is 2.85. The van der Waals surface area contributed by atoms with Crippen molar-refractivity contribution in [1.82, 2.24) is 0 Å². The molecule has 0 aliphatic rings. The molecule has 0 saturated heterocycles. The van der Waals surface area contributed by atoms with Crippen LogP contribution in [0.4, 0.5) is 0 Å². The number of aliphatic hydroxyl groups is 1. The molecule has 2 aromatic rings. The van der Waals surface area contributed by atoms with E-state index >= 15 is 0 Å². The largest absolute Gasteiger partial charge is 0.382 e. The molecule has 0 bridgehead atoms. The number of benzene rings is 1. The number of thiophene rings is 1. The first-order valence-corrected chi connectivity index (χ1v) is 6.73. The number of fused-ring (bicyclic) bond motifs is 1. The van der Waals surface area contributed by atoms with Crippen molar-refractivity contribution in [2.45, 2.75) is 32.3 Å². The molecule has 2 rings (SSSR count). The Hall–Kier alpha value is -1.19. The Kier molecular flexibility index (Phi) is 3.31. The number of carbonyl (C=O) groups is 1. The summed E-state index contributed by atoms with van der Waals surface area (Å²) in [6, 6.07) is 7.65. The number of Topliss-reactive ketones (excluding diaryl/α,β-unsaturated/α-hetero) is 1. The lowest BCUT2D eigenvalue weighted by atomic mass is 9.88. The molecule has 0 unspecified atom stereocenters. The molecular formula is C14H16O2S. The number of rotatable bonds is 4. The van der Waals surface area contributed by atoms with Gasteiger partial charge in [0.25, 0.3) is 0 Å². The average molecular weight is 248 g/mol. The molecule has 0 aliphatic heterocycles. The van der Waals surface area contributed by atoms with Crippen molar-refractivity contribution in [2.75, 3.05) is 0 Å². The highest BCUT2D eigenvalue weighted by molar-refractivity contribution is 7.17. The van der Waals surface area contributed by atoms with Crippen LogP contribution < -0.4 is 0 Å². The molecule has 1 aromatic carbocycles. The quantitative estimate of drug-likeness (QED) is 0.839. The minimum absolute atomic E-state index is 0.157. The van der Waals surface area contributed by atoms with Crippen molar-refractivity contribution >= 4 is 27.2 Å². The van der Waals surface area contributed by atoms with Crippen LogP contribution in [-0.2, 0) is 0 Å². The first-order valence-electron chi connectivity index (χ1n) is 5.85. The second-order valence-corrected chi connectivity index (χ2v) is 5.13. The zero-order chi connectivity index (χ0) is 12.5. The van der Waals surface area contributed by atoms with E-state index in [1.807, 2.05) is 37.4 Å². The highest BCUT2D eigenvalue weighted by Gasteiger charge is 2.33. The molecule has 3 heteroatoms. The molecule has 1 aromatic heterocycles. The summed E-state index contributed by atoms with van der Waals surface area (Å²) in [5.74, 6) is -0.157. The van der Waals surface area contributed by atoms with Gasteiger partial charge in [0.15, 0.2) is 5.78 Å². The van der Waals surface area contributed by atoms with Crippen molar-refractivity contribution in [3.05, 3.63) is 35.2 Å². The monoisotopic (exact) mass is 248 g/mol. The van der Waals surface area contributed by atoms with Gasteiger partial charge in [-0.3, -0.25) is 4.79 Å². The molecule has 17 heavy (non-hydrogen) atoms. The van der Waals surface area contributed by atoms with Gasteiger partial charge in [-0.1, -0.05) is 26.0 Å². The van der Waals surface area contributed by atoms with Crippen LogP contribution in [0.5, 0.6) is 0 Å². The van der Waals surface area contributed by atoms with Crippen LogP contribution in [0, 0.1) is 0 Å². The molecule has 1 N–H and O–H groups in total. The van der Waals surface area contributed by atoms with Crippen molar-refractivity contribution in [2.24, 2.45) is 0 Å². The van der Waals surface area contributed by atoms with Gasteiger partial charge in [-0.05, 0) is 35.7 Å². The van der Waals surface area contributed by atoms with Crippen LogP contribution in [0.15, 0.2) is 29.6 Å². The van der Waals surface area contributed by atoms with Gasteiger partial charge in [-0.15, -0.1) is 11.3 Å². The van der Waals surface area contributed by atoms with Crippen LogP contribution in [0.2, 0.25) is 0 Å². The summed E-state index contributed by atoms with van der Waals surface area (Å²) in [5.41, 5.74) is -0.582. The zero-order valence-electron chi connectivity index (χ0n) is 10.1. The Morgan fingerprint density at radius 2 is 2.00 bits per heavy atom. The van der Waals surface area contributed by atoms with E-state index in [2.05, 4.69) is 0 Å². The van der Waals surface area contributed by atoms with E-state index in [1.165, 1.54) is 0 Å². The van der Waals surface area contributed by atoms with Crippen LogP contribution in [0.3, 0.4) is 0 Å². The Balaban J connectivity index is 2.53. The van der Waals surface area contributed by atoms with Gasteiger partial charge in [0.1, 0.15) is 5.60 Å². The van der Waals surface area contributed by atoms with Crippen molar-refractivity contribution in [1.29, 1.82) is 0 Å². The molecule has 2 nitrogen and oxygen atoms in total. The van der Waals surface area contributed by atoms with Crippen molar-refractivity contribution < 1.29 is 9.90 Å². The van der Waals surface area contributed by atoms with Gasteiger partial charge in [0.2, 0.25) is 0 Å². The molecule has 0 spiro atoms. The summed E-state index contributed by atoms with van der Waals surface area (Å²) in [6.45, 7) is 3.69. The standard InChI is InChI=1S/C14H16O2S/c1-3-14(16,4-2)13(15)11-7-5-6-10-8-9-17-12(10)11/h5-9,16H,3-4H2,1-2H3. The SMILES string of the molecule is CCC(O)(CC)C(=O)c1cccc2ccsc12. The van der Waals surface area contributed by atoms with Gasteiger partial charge < -0.3 is 5.11 Å². The number of hydrogen-bond acceptors (Lipinski definition) is 3. The van der Waals surface area contributed by atoms with Gasteiger partial charge >= 0.3 is 0 Å². The predicted octanol–water partition coefficient (Wildman–Crippen LogP) is 3.64. The smallest absolute Gasteiger partial charge is 0.195 e. The summed E-state index contributed by atoms with van der Waals surface area (Å²) >= 11 is 1.55. The minimum Gasteiger partial charge on any atom is -0.382 e. The fourth-order valence-corrected chi connectivity index (χ4v) is 2.90. The summed E-state index contributed by atoms with van der Waals surface area (Å²) in [4.78, 5) is 12.4. The topological polar surface area (TPSA) is 37.3 Å². The molecule has 90 valence electrons. The summed E-state index contributed by atoms with van der Waals surface area (Å²) in [6.07, 6.45) is 0.897.